The van der Waals surface area contributed by atoms with Crippen molar-refractivity contribution >= 4 is 18.4 Å². The van der Waals surface area contributed by atoms with Crippen molar-refractivity contribution in [2.24, 2.45) is 0 Å². The van der Waals surface area contributed by atoms with E-state index in [9.17, 15) is 0 Å². The fourth-order valence-electron chi connectivity index (χ4n) is 5.91. The summed E-state index contributed by atoms with van der Waals surface area (Å²) in [7, 11) is -2.48. The third-order valence-electron chi connectivity index (χ3n) is 7.28. The molecule has 0 aliphatic rings. The molecule has 1 heteroatoms. The molecule has 0 saturated carbocycles. The SMILES string of the molecule is CC(C)(c1ccccc1)[Si](c1ccccc1)(c1ccccc1)C(C)(C)c1ccccc1. The lowest BCUT2D eigenvalue weighted by Gasteiger charge is -2.56. The molecular formula is C30H32Si. The fraction of sp³-hybridized carbons (Fsp3) is 0.200. The summed E-state index contributed by atoms with van der Waals surface area (Å²) in [5.41, 5.74) is 2.80. The van der Waals surface area contributed by atoms with E-state index in [1.807, 2.05) is 0 Å². The van der Waals surface area contributed by atoms with E-state index in [1.165, 1.54) is 21.5 Å². The van der Waals surface area contributed by atoms with Crippen LogP contribution < -0.4 is 10.4 Å². The first kappa shape index (κ1) is 21.3. The van der Waals surface area contributed by atoms with Crippen molar-refractivity contribution in [3.05, 3.63) is 132 Å². The van der Waals surface area contributed by atoms with Gasteiger partial charge in [-0.1, -0.05) is 159 Å². The summed E-state index contributed by atoms with van der Waals surface area (Å²) in [5, 5.41) is 2.83. The molecule has 0 atom stereocenters. The van der Waals surface area contributed by atoms with E-state index in [0.717, 1.165) is 0 Å². The van der Waals surface area contributed by atoms with E-state index >= 15 is 0 Å². The van der Waals surface area contributed by atoms with Gasteiger partial charge in [-0.3, -0.25) is 0 Å². The molecule has 0 saturated heterocycles. The standard InChI is InChI=1S/C30H32Si/c1-29(2,25-17-9-5-10-18-25)31(27-21-13-7-14-22-27,28-23-15-8-16-24-28)30(3,4)26-19-11-6-12-20-26/h5-24H,1-4H3. The quantitative estimate of drug-likeness (QED) is 0.322. The maximum Gasteiger partial charge on any atom is 0.137 e. The van der Waals surface area contributed by atoms with Crippen molar-refractivity contribution in [3.63, 3.8) is 0 Å². The number of hydrogen-bond acceptors (Lipinski definition) is 0. The third-order valence-corrected chi connectivity index (χ3v) is 14.0. The highest BCUT2D eigenvalue weighted by Gasteiger charge is 2.60. The maximum atomic E-state index is 2.47. The Labute approximate surface area is 188 Å². The monoisotopic (exact) mass is 420 g/mol. The van der Waals surface area contributed by atoms with Crippen LogP contribution in [0.25, 0.3) is 0 Å². The topological polar surface area (TPSA) is 0 Å². The highest BCUT2D eigenvalue weighted by atomic mass is 28.3. The van der Waals surface area contributed by atoms with Crippen LogP contribution in [0.5, 0.6) is 0 Å². The molecule has 4 rings (SSSR count). The van der Waals surface area contributed by atoms with Crippen LogP contribution in [0.2, 0.25) is 0 Å². The van der Waals surface area contributed by atoms with Crippen LogP contribution >= 0.6 is 0 Å². The van der Waals surface area contributed by atoms with Crippen LogP contribution in [0, 0.1) is 0 Å². The van der Waals surface area contributed by atoms with Crippen LogP contribution in [-0.4, -0.2) is 8.07 Å². The van der Waals surface area contributed by atoms with Gasteiger partial charge >= 0.3 is 0 Å². The van der Waals surface area contributed by atoms with Crippen molar-refractivity contribution in [1.29, 1.82) is 0 Å². The van der Waals surface area contributed by atoms with Gasteiger partial charge < -0.3 is 0 Å². The van der Waals surface area contributed by atoms with Crippen molar-refractivity contribution < 1.29 is 0 Å². The predicted octanol–water partition coefficient (Wildman–Crippen LogP) is 6.28. The van der Waals surface area contributed by atoms with E-state index in [0.29, 0.717) is 0 Å². The second-order valence-corrected chi connectivity index (χ2v) is 14.6. The Balaban J connectivity index is 2.16. The van der Waals surface area contributed by atoms with Crippen LogP contribution in [0.15, 0.2) is 121 Å². The fourth-order valence-corrected chi connectivity index (χ4v) is 13.3. The van der Waals surface area contributed by atoms with Gasteiger partial charge in [-0.25, -0.2) is 0 Å². The van der Waals surface area contributed by atoms with E-state index in [2.05, 4.69) is 149 Å². The van der Waals surface area contributed by atoms with Crippen LogP contribution in [0.1, 0.15) is 38.8 Å². The molecule has 156 valence electrons. The molecule has 0 bridgehead atoms. The predicted molar refractivity (Wildman–Crippen MR) is 137 cm³/mol. The molecule has 0 nitrogen and oxygen atoms in total. The molecule has 0 amide bonds. The van der Waals surface area contributed by atoms with Gasteiger partial charge in [0.05, 0.1) is 0 Å². The molecule has 4 aromatic carbocycles. The summed E-state index contributed by atoms with van der Waals surface area (Å²) >= 11 is 0. The molecular weight excluding hydrogens is 388 g/mol. The van der Waals surface area contributed by atoms with Gasteiger partial charge in [0.15, 0.2) is 0 Å². The van der Waals surface area contributed by atoms with E-state index in [4.69, 9.17) is 0 Å². The molecule has 0 aromatic heterocycles. The summed E-state index contributed by atoms with van der Waals surface area (Å²) in [6.45, 7) is 9.89. The Hall–Kier alpha value is -2.90. The Kier molecular flexibility index (Phi) is 5.73. The van der Waals surface area contributed by atoms with E-state index in [-0.39, 0.29) is 10.1 Å². The molecule has 4 aromatic rings. The maximum absolute atomic E-state index is 2.48. The number of rotatable bonds is 6. The summed E-state index contributed by atoms with van der Waals surface area (Å²) in [4.78, 5) is 0. The van der Waals surface area contributed by atoms with Gasteiger partial charge in [-0.05, 0) is 21.2 Å². The molecule has 0 fully saturated rings. The molecule has 0 radical (unpaired) electrons. The summed E-state index contributed by atoms with van der Waals surface area (Å²) in [5.74, 6) is 0. The molecule has 0 spiro atoms. The van der Waals surface area contributed by atoms with Crippen molar-refractivity contribution in [3.8, 4) is 0 Å². The van der Waals surface area contributed by atoms with Gasteiger partial charge in [0.25, 0.3) is 0 Å². The average molecular weight is 421 g/mol. The van der Waals surface area contributed by atoms with Crippen molar-refractivity contribution in [2.45, 2.75) is 37.8 Å². The van der Waals surface area contributed by atoms with Gasteiger partial charge in [-0.2, -0.15) is 0 Å². The summed E-state index contributed by atoms with van der Waals surface area (Å²) in [6, 6.07) is 44.8. The van der Waals surface area contributed by atoms with Gasteiger partial charge in [0.1, 0.15) is 8.07 Å². The first-order valence-corrected chi connectivity index (χ1v) is 13.1. The smallest absolute Gasteiger partial charge is 0.0625 e. The summed E-state index contributed by atoms with van der Waals surface area (Å²) < 4.78 is 0. The van der Waals surface area contributed by atoms with E-state index in [1.54, 1.807) is 0 Å². The minimum Gasteiger partial charge on any atom is -0.0625 e. The zero-order valence-corrected chi connectivity index (χ0v) is 20.0. The van der Waals surface area contributed by atoms with Crippen LogP contribution in [0.3, 0.4) is 0 Å². The van der Waals surface area contributed by atoms with Crippen molar-refractivity contribution in [1.82, 2.24) is 0 Å². The highest BCUT2D eigenvalue weighted by molar-refractivity contribution is 7.06. The number of hydrogen-bond donors (Lipinski definition) is 0. The summed E-state index contributed by atoms with van der Waals surface area (Å²) in [6.07, 6.45) is 0. The first-order valence-electron chi connectivity index (χ1n) is 11.1. The molecule has 0 unspecified atom stereocenters. The second kappa shape index (κ2) is 8.32. The average Bonchev–Trinajstić information content (AvgIpc) is 2.82. The van der Waals surface area contributed by atoms with Gasteiger partial charge in [0.2, 0.25) is 0 Å². The Morgan fingerprint density at radius 1 is 0.387 bits per heavy atom. The van der Waals surface area contributed by atoms with Crippen molar-refractivity contribution in [2.75, 3.05) is 0 Å². The minimum atomic E-state index is -2.48. The lowest BCUT2D eigenvalue weighted by molar-refractivity contribution is 0.630. The zero-order chi connectivity index (χ0) is 22.0. The Morgan fingerprint density at radius 2 is 0.645 bits per heavy atom. The Bertz CT molecular complexity index is 1010. The minimum absolute atomic E-state index is 0.0592. The first-order chi connectivity index (χ1) is 14.9. The lowest BCUT2D eigenvalue weighted by atomic mass is 10.0. The van der Waals surface area contributed by atoms with E-state index < -0.39 is 8.07 Å². The lowest BCUT2D eigenvalue weighted by Crippen LogP contribution is -2.78. The second-order valence-electron chi connectivity index (χ2n) is 9.46. The zero-order valence-electron chi connectivity index (χ0n) is 19.0. The van der Waals surface area contributed by atoms with Gasteiger partial charge in [-0.15, -0.1) is 0 Å². The van der Waals surface area contributed by atoms with Gasteiger partial charge in [0, 0.05) is 0 Å². The van der Waals surface area contributed by atoms with Crippen LogP contribution in [0.4, 0.5) is 0 Å². The molecule has 0 aliphatic carbocycles. The Morgan fingerprint density at radius 3 is 0.935 bits per heavy atom. The number of benzene rings is 4. The third kappa shape index (κ3) is 3.38. The van der Waals surface area contributed by atoms with Crippen LogP contribution in [-0.2, 0) is 10.1 Å². The molecule has 0 N–H and O–H groups in total. The largest absolute Gasteiger partial charge is 0.137 e. The highest BCUT2D eigenvalue weighted by Crippen LogP contribution is 2.45. The molecule has 0 aliphatic heterocycles. The molecule has 0 heterocycles. The normalized spacial score (nSPS) is 12.5. The molecule has 31 heavy (non-hydrogen) atoms.